The molecule has 0 aliphatic rings. The number of benzene rings is 2. The van der Waals surface area contributed by atoms with Crippen molar-refractivity contribution in [3.8, 4) is 5.75 Å². The van der Waals surface area contributed by atoms with E-state index in [2.05, 4.69) is 22.1 Å². The molecule has 0 radical (unpaired) electrons. The van der Waals surface area contributed by atoms with Crippen LogP contribution in [0.15, 0.2) is 66.3 Å². The molecule has 0 saturated carbocycles. The van der Waals surface area contributed by atoms with Crippen molar-refractivity contribution >= 4 is 40.6 Å². The van der Waals surface area contributed by atoms with Gasteiger partial charge in [-0.2, -0.15) is 0 Å². The number of nitrogens with one attached hydrogen (secondary N) is 1. The van der Waals surface area contributed by atoms with Crippen LogP contribution in [0.5, 0.6) is 5.75 Å². The highest BCUT2D eigenvalue weighted by atomic mass is 35.5. The molecule has 0 aliphatic carbocycles. The highest BCUT2D eigenvalue weighted by molar-refractivity contribution is 7.99. The van der Waals surface area contributed by atoms with Crippen LogP contribution in [0, 0.1) is 10.1 Å². The number of nitrogens with zero attached hydrogens (tertiary/aromatic N) is 4. The molecule has 3 rings (SSSR count). The summed E-state index contributed by atoms with van der Waals surface area (Å²) in [5.74, 6) is 0.745. The molecule has 11 heteroatoms. The summed E-state index contributed by atoms with van der Waals surface area (Å²) in [6.07, 6.45) is 1.26. The number of amides is 1. The molecule has 0 spiro atoms. The molecule has 0 fully saturated rings. The first kappa shape index (κ1) is 23.3. The van der Waals surface area contributed by atoms with E-state index in [4.69, 9.17) is 16.3 Å². The van der Waals surface area contributed by atoms with Crippen LogP contribution in [-0.4, -0.2) is 31.3 Å². The topological polar surface area (TPSA) is 112 Å². The average Bonchev–Trinajstić information content (AvgIpc) is 3.15. The van der Waals surface area contributed by atoms with Crippen LogP contribution >= 0.6 is 23.4 Å². The second-order valence-electron chi connectivity index (χ2n) is 6.57. The number of rotatable bonds is 10. The van der Waals surface area contributed by atoms with Gasteiger partial charge in [-0.25, -0.2) is 0 Å². The van der Waals surface area contributed by atoms with Crippen LogP contribution in [0.25, 0.3) is 0 Å². The number of carbonyl (C=O) groups excluding carboxylic acids is 1. The summed E-state index contributed by atoms with van der Waals surface area (Å²) in [7, 11) is 0. The second kappa shape index (κ2) is 10.8. The molecule has 1 aromatic heterocycles. The van der Waals surface area contributed by atoms with Crippen LogP contribution in [0.3, 0.4) is 0 Å². The zero-order chi connectivity index (χ0) is 23.1. The fourth-order valence-corrected chi connectivity index (χ4v) is 3.80. The van der Waals surface area contributed by atoms with E-state index >= 15 is 0 Å². The number of hydrogen-bond donors (Lipinski definition) is 1. The Morgan fingerprint density at radius 2 is 2.12 bits per heavy atom. The van der Waals surface area contributed by atoms with Crippen molar-refractivity contribution in [3.05, 3.63) is 82.1 Å². The first-order valence-electron chi connectivity index (χ1n) is 9.51. The van der Waals surface area contributed by atoms with Crippen LogP contribution < -0.4 is 10.1 Å². The molecule has 9 nitrogen and oxygen atoms in total. The lowest BCUT2D eigenvalue weighted by Crippen LogP contribution is -2.16. The average molecular weight is 474 g/mol. The molecule has 166 valence electrons. The number of ether oxygens (including phenoxy) is 1. The molecule has 2 aromatic carbocycles. The smallest absolute Gasteiger partial charge is 0.292 e. The zero-order valence-corrected chi connectivity index (χ0v) is 18.7. The van der Waals surface area contributed by atoms with Gasteiger partial charge in [-0.05, 0) is 31.2 Å². The predicted octanol–water partition coefficient (Wildman–Crippen LogP) is 4.90. The van der Waals surface area contributed by atoms with Gasteiger partial charge in [-0.15, -0.1) is 16.8 Å². The SMILES string of the molecule is C=CCn1c(SCC(=O)Nc2ccccc2[N+](=O)[O-])nnc1C(C)Oc1cccc(Cl)c1. The first-order valence-corrected chi connectivity index (χ1v) is 10.9. The second-order valence-corrected chi connectivity index (χ2v) is 7.95. The van der Waals surface area contributed by atoms with E-state index in [0.29, 0.717) is 28.3 Å². The van der Waals surface area contributed by atoms with Crippen molar-refractivity contribution in [1.29, 1.82) is 0 Å². The lowest BCUT2D eigenvalue weighted by atomic mass is 10.2. The Morgan fingerprint density at radius 3 is 2.84 bits per heavy atom. The van der Waals surface area contributed by atoms with E-state index in [1.54, 1.807) is 41.0 Å². The minimum Gasteiger partial charge on any atom is -0.483 e. The van der Waals surface area contributed by atoms with E-state index in [0.717, 1.165) is 11.8 Å². The van der Waals surface area contributed by atoms with Crippen LogP contribution in [-0.2, 0) is 11.3 Å². The third kappa shape index (κ3) is 5.86. The van der Waals surface area contributed by atoms with E-state index < -0.39 is 16.9 Å². The molecule has 1 atom stereocenters. The maximum Gasteiger partial charge on any atom is 0.292 e. The maximum atomic E-state index is 12.4. The molecule has 1 unspecified atom stereocenters. The number of aromatic nitrogens is 3. The quantitative estimate of drug-likeness (QED) is 0.193. The van der Waals surface area contributed by atoms with Crippen LogP contribution in [0.2, 0.25) is 5.02 Å². The number of nitro groups is 1. The minimum atomic E-state index is -0.545. The maximum absolute atomic E-state index is 12.4. The van der Waals surface area contributed by atoms with Gasteiger partial charge in [0.1, 0.15) is 11.4 Å². The normalized spacial score (nSPS) is 11.6. The molecule has 0 aliphatic heterocycles. The van der Waals surface area contributed by atoms with Crippen molar-refractivity contribution in [2.45, 2.75) is 24.7 Å². The summed E-state index contributed by atoms with van der Waals surface area (Å²) in [4.78, 5) is 22.9. The van der Waals surface area contributed by atoms with E-state index in [9.17, 15) is 14.9 Å². The number of anilines is 1. The fraction of sp³-hybridized carbons (Fsp3) is 0.190. The van der Waals surface area contributed by atoms with Crippen molar-refractivity contribution in [2.75, 3.05) is 11.1 Å². The first-order chi connectivity index (χ1) is 15.4. The molecule has 32 heavy (non-hydrogen) atoms. The van der Waals surface area contributed by atoms with E-state index in [-0.39, 0.29) is 17.1 Å². The highest BCUT2D eigenvalue weighted by Crippen LogP contribution is 2.27. The Morgan fingerprint density at radius 1 is 1.34 bits per heavy atom. The van der Waals surface area contributed by atoms with Gasteiger partial charge in [0.05, 0.1) is 10.7 Å². The summed E-state index contributed by atoms with van der Waals surface area (Å²) < 4.78 is 7.72. The van der Waals surface area contributed by atoms with Gasteiger partial charge in [0.2, 0.25) is 5.91 Å². The lowest BCUT2D eigenvalue weighted by Gasteiger charge is -2.16. The molecule has 3 aromatic rings. The van der Waals surface area contributed by atoms with Gasteiger partial charge < -0.3 is 10.1 Å². The summed E-state index contributed by atoms with van der Waals surface area (Å²) in [6.45, 7) is 6.01. The van der Waals surface area contributed by atoms with Crippen LogP contribution in [0.1, 0.15) is 18.9 Å². The number of carbonyl (C=O) groups is 1. The zero-order valence-electron chi connectivity index (χ0n) is 17.1. The Bertz CT molecular complexity index is 1140. The van der Waals surface area contributed by atoms with Gasteiger partial charge in [0, 0.05) is 17.6 Å². The minimum absolute atomic E-state index is 0.00907. The molecular formula is C21H20ClN5O4S. The monoisotopic (exact) mass is 473 g/mol. The van der Waals surface area contributed by atoms with Crippen molar-refractivity contribution in [2.24, 2.45) is 0 Å². The predicted molar refractivity (Wildman–Crippen MR) is 123 cm³/mol. The standard InChI is InChI=1S/C21H20ClN5O4S/c1-3-11-26-20(14(2)31-16-8-6-7-15(22)12-16)24-25-21(26)32-13-19(28)23-17-9-4-5-10-18(17)27(29)30/h3-10,12,14H,1,11,13H2,2H3,(H,23,28). The highest BCUT2D eigenvalue weighted by Gasteiger charge is 2.21. The third-order valence-corrected chi connectivity index (χ3v) is 5.44. The number of allylic oxidation sites excluding steroid dienone is 1. The van der Waals surface area contributed by atoms with Gasteiger partial charge in [-0.1, -0.05) is 47.6 Å². The Labute approximate surface area is 193 Å². The van der Waals surface area contributed by atoms with Crippen LogP contribution in [0.4, 0.5) is 11.4 Å². The summed E-state index contributed by atoms with van der Waals surface area (Å²) in [6, 6.07) is 13.0. The summed E-state index contributed by atoms with van der Waals surface area (Å²) in [5, 5.41) is 23.1. The van der Waals surface area contributed by atoms with E-state index in [1.807, 2.05) is 6.92 Å². The molecule has 1 amide bonds. The number of nitro benzene ring substituents is 1. The van der Waals surface area contributed by atoms with Gasteiger partial charge in [-0.3, -0.25) is 19.5 Å². The Balaban J connectivity index is 1.69. The number of halogens is 1. The summed E-state index contributed by atoms with van der Waals surface area (Å²) >= 11 is 7.17. The molecule has 0 saturated heterocycles. The molecular weight excluding hydrogens is 454 g/mol. The largest absolute Gasteiger partial charge is 0.483 e. The fourth-order valence-electron chi connectivity index (χ4n) is 2.86. The number of hydrogen-bond acceptors (Lipinski definition) is 7. The third-order valence-electron chi connectivity index (χ3n) is 4.24. The molecule has 0 bridgehead atoms. The molecule has 1 N–H and O–H groups in total. The lowest BCUT2D eigenvalue weighted by molar-refractivity contribution is -0.383. The van der Waals surface area contributed by atoms with Gasteiger partial charge >= 0.3 is 0 Å². The Hall–Kier alpha value is -3.37. The van der Waals surface area contributed by atoms with E-state index in [1.165, 1.54) is 18.2 Å². The van der Waals surface area contributed by atoms with Crippen molar-refractivity contribution in [1.82, 2.24) is 14.8 Å². The number of thioether (sulfide) groups is 1. The van der Waals surface area contributed by atoms with Gasteiger partial charge in [0.15, 0.2) is 17.1 Å². The van der Waals surface area contributed by atoms with Crippen molar-refractivity contribution < 1.29 is 14.5 Å². The Kier molecular flexibility index (Phi) is 7.85. The van der Waals surface area contributed by atoms with Crippen molar-refractivity contribution in [3.63, 3.8) is 0 Å². The molecule has 1 heterocycles. The number of para-hydroxylation sites is 2. The van der Waals surface area contributed by atoms with Gasteiger partial charge in [0.25, 0.3) is 5.69 Å². The summed E-state index contributed by atoms with van der Waals surface area (Å²) in [5.41, 5.74) is -0.0326.